The van der Waals surface area contributed by atoms with Crippen LogP contribution in [0, 0.1) is 5.82 Å². The van der Waals surface area contributed by atoms with Crippen LogP contribution in [0.2, 0.25) is 0 Å². The van der Waals surface area contributed by atoms with Crippen molar-refractivity contribution in [3.8, 4) is 56.8 Å². The van der Waals surface area contributed by atoms with Gasteiger partial charge in [0.15, 0.2) is 23.0 Å². The van der Waals surface area contributed by atoms with Gasteiger partial charge in [-0.15, -0.1) is 56.7 Å². The van der Waals surface area contributed by atoms with E-state index in [1.165, 1.54) is 148 Å². The van der Waals surface area contributed by atoms with Crippen LogP contribution in [-0.2, 0) is 32.1 Å². The molecule has 0 saturated carbocycles. The molecule has 10 aromatic carbocycles. The summed E-state index contributed by atoms with van der Waals surface area (Å²) in [7, 11) is 4.80. The predicted molar refractivity (Wildman–Crippen MR) is 529 cm³/mol. The van der Waals surface area contributed by atoms with E-state index in [4.69, 9.17) is 39.2 Å². The number of fused-ring (bicyclic) bond motifs is 10. The largest absolute Gasteiger partial charge is 0.508 e. The third kappa shape index (κ3) is 16.0. The Labute approximate surface area is 760 Å². The number of benzene rings is 10. The minimum atomic E-state index is -0.227. The van der Waals surface area contributed by atoms with Crippen molar-refractivity contribution >= 4 is 147 Å². The van der Waals surface area contributed by atoms with E-state index in [0.29, 0.717) is 11.5 Å². The van der Waals surface area contributed by atoms with Gasteiger partial charge in [0.05, 0.1) is 82.6 Å². The lowest BCUT2D eigenvalue weighted by Gasteiger charge is -2.09. The van der Waals surface area contributed by atoms with Gasteiger partial charge in [0.2, 0.25) is 0 Å². The van der Waals surface area contributed by atoms with Crippen molar-refractivity contribution in [3.05, 3.63) is 401 Å². The van der Waals surface area contributed by atoms with Crippen LogP contribution in [-0.4, -0.2) is 97.9 Å². The highest BCUT2D eigenvalue weighted by Gasteiger charge is 2.36. The number of anilines is 6. The average Bonchev–Trinajstić information content (AvgIpc) is 1.62. The molecule has 5 aliphatic carbocycles. The standard InChI is InChI=1S/C22H18N2OS.2C22H17NO2S.C21H15FN2S.C21H16N2OS/c1-25-17-8-6-16(7-9-17)24-15-4-2-14(3-5-15)22-19-12-21-18(10-11-26-21)20(19)13-23-22;2*1-25-20-10-15(6-7-19(20)24)13-2-4-14(5-3-13)22-17-11-21-16(8-9-26-21)18(17)12-23-22;22-14-3-7-16(8-4-14)24-15-5-1-13(2-6-15)21-18-11-20-17(9-10-25-20)19(18)12-23-21;24-16-3-1-2-15(10-16)23-14-6-4-13(5-7-14)21-18-11-20-17(8-9-25-20)19(18)12-22-21/h2-11,24H,12-13H2,1H3;2*2-10,24H,11-12H2,1H3;1-10,24H,11-12H2;1-10,23-24H,11-12H2. The molecule has 0 amide bonds. The maximum absolute atomic E-state index is 13.0. The first-order chi connectivity index (χ1) is 62.8. The second kappa shape index (κ2) is 35.0. The Kier molecular flexibility index (Phi) is 22.1. The molecule has 0 bridgehead atoms. The van der Waals surface area contributed by atoms with Gasteiger partial charge in [0.1, 0.15) is 17.3 Å². The van der Waals surface area contributed by atoms with E-state index in [1.54, 1.807) is 57.7 Å². The molecular weight excluding hydrogens is 1680 g/mol. The van der Waals surface area contributed by atoms with E-state index in [2.05, 4.69) is 182 Å². The summed E-state index contributed by atoms with van der Waals surface area (Å²) in [5.41, 5.74) is 42.7. The molecule has 25 rings (SSSR count). The molecule has 5 aromatic heterocycles. The van der Waals surface area contributed by atoms with Gasteiger partial charge in [-0.1, -0.05) is 103 Å². The molecule has 0 atom stereocenters. The summed E-state index contributed by atoms with van der Waals surface area (Å²) >= 11 is 9.22. The minimum Gasteiger partial charge on any atom is -0.508 e. The summed E-state index contributed by atoms with van der Waals surface area (Å²) in [5.74, 6) is 2.17. The van der Waals surface area contributed by atoms with Crippen molar-refractivity contribution in [3.63, 3.8) is 0 Å². The van der Waals surface area contributed by atoms with Crippen LogP contribution < -0.4 is 30.2 Å². The fourth-order valence-electron chi connectivity index (χ4n) is 18.3. The third-order valence-corrected chi connectivity index (χ3v) is 29.3. The van der Waals surface area contributed by atoms with Crippen molar-refractivity contribution in [1.29, 1.82) is 0 Å². The number of phenolic OH excluding ortho intramolecular Hbond substituents is 3. The van der Waals surface area contributed by atoms with Crippen molar-refractivity contribution in [2.24, 2.45) is 25.0 Å². The Bertz CT molecular complexity index is 7040. The Hall–Kier alpha value is -14.1. The fourth-order valence-corrected chi connectivity index (χ4v) is 22.9. The van der Waals surface area contributed by atoms with E-state index >= 15 is 0 Å². The number of nitrogens with zero attached hydrogens (tertiary/aromatic N) is 5. The van der Waals surface area contributed by atoms with Crippen LogP contribution in [0.15, 0.2) is 341 Å². The maximum Gasteiger partial charge on any atom is 0.161 e. The number of hydrogen-bond donors (Lipinski definition) is 6. The monoisotopic (exact) mass is 1770 g/mol. The molecule has 15 aromatic rings. The Morgan fingerprint density at radius 2 is 0.531 bits per heavy atom. The zero-order chi connectivity index (χ0) is 86.5. The second-order valence-corrected chi connectivity index (χ2v) is 37.1. The van der Waals surface area contributed by atoms with Gasteiger partial charge < -0.3 is 45.5 Å². The van der Waals surface area contributed by atoms with Crippen LogP contribution >= 0.6 is 56.7 Å². The first kappa shape index (κ1) is 81.0. The van der Waals surface area contributed by atoms with Crippen molar-refractivity contribution in [1.82, 2.24) is 0 Å². The highest BCUT2D eigenvalue weighted by molar-refractivity contribution is 7.11. The summed E-state index contributed by atoms with van der Waals surface area (Å²) in [6.07, 6.45) is 5.09. The molecule has 14 nitrogen and oxygen atoms in total. The van der Waals surface area contributed by atoms with E-state index in [1.807, 2.05) is 129 Å². The first-order valence-electron chi connectivity index (χ1n) is 42.3. The fraction of sp³-hybridized carbons (Fsp3) is 0.120. The molecule has 10 aliphatic rings. The average molecular weight is 1770 g/mol. The zero-order valence-electron chi connectivity index (χ0n) is 70.0. The number of phenols is 3. The predicted octanol–water partition coefficient (Wildman–Crippen LogP) is 25.7. The van der Waals surface area contributed by atoms with Gasteiger partial charge in [-0.3, -0.25) is 25.0 Å². The lowest BCUT2D eigenvalue weighted by molar-refractivity contribution is 0.373. The summed E-state index contributed by atoms with van der Waals surface area (Å²) in [6, 6.07) is 85.6. The topological polar surface area (TPSA) is 186 Å². The number of nitrogens with one attached hydrogen (secondary N) is 3. The maximum atomic E-state index is 13.0. The van der Waals surface area contributed by atoms with E-state index in [9.17, 15) is 19.7 Å². The number of ether oxygens (including phenoxy) is 3. The summed E-state index contributed by atoms with van der Waals surface area (Å²) in [6.45, 7) is 4.01. The van der Waals surface area contributed by atoms with Crippen LogP contribution in [0.5, 0.6) is 34.5 Å². The van der Waals surface area contributed by atoms with E-state index in [0.717, 1.165) is 155 Å². The lowest BCUT2D eigenvalue weighted by Crippen LogP contribution is -2.03. The lowest BCUT2D eigenvalue weighted by atomic mass is 9.97. The summed E-state index contributed by atoms with van der Waals surface area (Å²) in [4.78, 5) is 31.3. The number of aliphatic imine (C=N–C) groups is 5. The molecule has 0 spiro atoms. The third-order valence-electron chi connectivity index (χ3n) is 24.7. The van der Waals surface area contributed by atoms with Gasteiger partial charge in [0.25, 0.3) is 0 Å². The molecule has 0 saturated heterocycles. The van der Waals surface area contributed by atoms with Crippen LogP contribution in [0.25, 0.3) is 50.1 Å². The number of hydrogen-bond acceptors (Lipinski definition) is 19. The Morgan fingerprint density at radius 3 is 0.820 bits per heavy atom. The van der Waals surface area contributed by atoms with Crippen LogP contribution in [0.4, 0.5) is 38.5 Å². The van der Waals surface area contributed by atoms with Crippen molar-refractivity contribution < 1.29 is 33.9 Å². The van der Waals surface area contributed by atoms with Gasteiger partial charge >= 0.3 is 0 Å². The normalized spacial score (nSPS) is 15.0. The Morgan fingerprint density at radius 1 is 0.266 bits per heavy atom. The summed E-state index contributed by atoms with van der Waals surface area (Å²) in [5, 5.41) is 50.0. The molecule has 6 N–H and O–H groups in total. The molecule has 0 radical (unpaired) electrons. The number of allylic oxidation sites excluding steroid dienone is 5. The molecule has 20 heteroatoms. The van der Waals surface area contributed by atoms with Gasteiger partial charge in [0, 0.05) is 124 Å². The SMILES string of the molecule is COc1cc(-c2ccc(C3=NCC4=C3Cc3sccc34)cc2)ccc1O.COc1cc(-c2ccc(C3=NCC4=C3Cc3sccc34)cc2)ccc1O.COc1ccc(Nc2ccc(C3=NCC4=C3Cc3sccc34)cc2)cc1.Fc1ccc(Nc2ccc(C3=NCC4=C3Cc3sccc34)cc2)cc1.Oc1cccc(Nc2ccc(C3=NCC4=C3Cc3sccc34)cc2)c1. The number of thiophene rings is 5. The minimum absolute atomic E-state index is 0.154. The zero-order valence-corrected chi connectivity index (χ0v) is 74.1. The molecular formula is C108H83FN8O6S5. The Balaban J connectivity index is 0.0000000972. The van der Waals surface area contributed by atoms with Crippen molar-refractivity contribution in [2.45, 2.75) is 32.1 Å². The highest BCUT2D eigenvalue weighted by atomic mass is 32.1. The number of aromatic hydroxyl groups is 3. The molecule has 10 heterocycles. The molecule has 0 fully saturated rings. The second-order valence-electron chi connectivity index (χ2n) is 32.1. The quantitative estimate of drug-likeness (QED) is 0.0547. The van der Waals surface area contributed by atoms with Crippen LogP contribution in [0.1, 0.15) is 80.0 Å². The number of methoxy groups -OCH3 is 3. The number of halogens is 1. The molecule has 128 heavy (non-hydrogen) atoms. The first-order valence-corrected chi connectivity index (χ1v) is 46.7. The summed E-state index contributed by atoms with van der Waals surface area (Å²) < 4.78 is 28.6. The number of rotatable bonds is 16. The van der Waals surface area contributed by atoms with E-state index in [-0.39, 0.29) is 23.1 Å². The molecule has 0 unspecified atom stereocenters. The highest BCUT2D eigenvalue weighted by Crippen LogP contribution is 2.48. The van der Waals surface area contributed by atoms with Gasteiger partial charge in [-0.25, -0.2) is 4.39 Å². The van der Waals surface area contributed by atoms with Crippen LogP contribution in [0.3, 0.4) is 0 Å². The molecule has 628 valence electrons. The van der Waals surface area contributed by atoms with E-state index < -0.39 is 0 Å². The van der Waals surface area contributed by atoms with Gasteiger partial charge in [-0.2, -0.15) is 0 Å². The smallest absolute Gasteiger partial charge is 0.161 e. The van der Waals surface area contributed by atoms with Crippen molar-refractivity contribution in [2.75, 3.05) is 70.0 Å². The molecule has 5 aliphatic heterocycles. The van der Waals surface area contributed by atoms with Gasteiger partial charge in [-0.05, 0) is 284 Å².